The van der Waals surface area contributed by atoms with E-state index in [-0.39, 0.29) is 12.2 Å². The fraction of sp³-hybridized carbons (Fsp3) is 0.500. The number of rotatable bonds is 5. The summed E-state index contributed by atoms with van der Waals surface area (Å²) in [7, 11) is -4.04. The number of nitrogen functional groups attached to an aromatic ring is 1. The van der Waals surface area contributed by atoms with Gasteiger partial charge in [-0.3, -0.25) is 0 Å². The summed E-state index contributed by atoms with van der Waals surface area (Å²) >= 11 is 0. The molecule has 1 aromatic rings. The molecule has 0 atom stereocenters. The average molecular weight is 290 g/mol. The molecule has 2 N–H and O–H groups in total. The zero-order chi connectivity index (χ0) is 14.2. The number of halogens is 2. The van der Waals surface area contributed by atoms with Gasteiger partial charge in [0.25, 0.3) is 0 Å². The van der Waals surface area contributed by atoms with Crippen LogP contribution in [0.3, 0.4) is 0 Å². The summed E-state index contributed by atoms with van der Waals surface area (Å²) in [6, 6.07) is 1.73. The Kier molecular flexibility index (Phi) is 3.78. The number of anilines is 1. The van der Waals surface area contributed by atoms with E-state index < -0.39 is 26.6 Å². The molecule has 0 aromatic heterocycles. The molecule has 19 heavy (non-hydrogen) atoms. The predicted octanol–water partition coefficient (Wildman–Crippen LogP) is 1.97. The van der Waals surface area contributed by atoms with Crippen LogP contribution in [0.1, 0.15) is 19.8 Å². The van der Waals surface area contributed by atoms with Crippen LogP contribution < -0.4 is 5.73 Å². The second kappa shape index (κ2) is 5.05. The normalized spacial score (nSPS) is 16.0. The molecule has 7 heteroatoms. The van der Waals surface area contributed by atoms with Crippen LogP contribution in [-0.2, 0) is 10.0 Å². The van der Waals surface area contributed by atoms with Crippen molar-refractivity contribution in [2.75, 3.05) is 18.8 Å². The van der Waals surface area contributed by atoms with E-state index in [2.05, 4.69) is 0 Å². The van der Waals surface area contributed by atoms with Crippen molar-refractivity contribution in [1.82, 2.24) is 4.31 Å². The lowest BCUT2D eigenvalue weighted by Gasteiger charge is -2.20. The highest BCUT2D eigenvalue weighted by Gasteiger charge is 2.33. The highest BCUT2D eigenvalue weighted by molar-refractivity contribution is 7.89. The summed E-state index contributed by atoms with van der Waals surface area (Å²) in [5.41, 5.74) is 5.28. The molecule has 1 aliphatic rings. The van der Waals surface area contributed by atoms with Crippen LogP contribution in [0, 0.1) is 17.6 Å². The first kappa shape index (κ1) is 14.2. The lowest BCUT2D eigenvalue weighted by molar-refractivity contribution is 0.405. The Labute approximate surface area is 111 Å². The maximum absolute atomic E-state index is 13.7. The number of nitrogens with zero attached hydrogens (tertiary/aromatic N) is 1. The van der Waals surface area contributed by atoms with Crippen molar-refractivity contribution in [3.63, 3.8) is 0 Å². The third kappa shape index (κ3) is 2.87. The minimum absolute atomic E-state index is 0.111. The molecule has 0 heterocycles. The van der Waals surface area contributed by atoms with Gasteiger partial charge in [-0.25, -0.2) is 17.2 Å². The van der Waals surface area contributed by atoms with E-state index >= 15 is 0 Å². The molecule has 0 amide bonds. The molecular weight excluding hydrogens is 274 g/mol. The van der Waals surface area contributed by atoms with Gasteiger partial charge in [0.05, 0.1) is 0 Å². The van der Waals surface area contributed by atoms with Gasteiger partial charge in [-0.15, -0.1) is 0 Å². The Hall–Kier alpha value is -1.21. The standard InChI is InChI=1S/C12H16F2N2O2S/c1-2-16(7-8-3-4-8)19(17,18)11-6-9(15)5-10(13)12(11)14/h5-6,8H,2-4,7,15H2,1H3. The van der Waals surface area contributed by atoms with Gasteiger partial charge in [0, 0.05) is 18.8 Å². The highest BCUT2D eigenvalue weighted by atomic mass is 32.2. The SMILES string of the molecule is CCN(CC1CC1)S(=O)(=O)c1cc(N)cc(F)c1F. The monoisotopic (exact) mass is 290 g/mol. The molecule has 1 aliphatic carbocycles. The highest BCUT2D eigenvalue weighted by Crippen LogP contribution is 2.32. The minimum Gasteiger partial charge on any atom is -0.399 e. The summed E-state index contributed by atoms with van der Waals surface area (Å²) in [6.07, 6.45) is 1.94. The van der Waals surface area contributed by atoms with Crippen molar-refractivity contribution < 1.29 is 17.2 Å². The zero-order valence-corrected chi connectivity index (χ0v) is 11.4. The first-order valence-electron chi connectivity index (χ1n) is 6.11. The molecule has 0 saturated heterocycles. The van der Waals surface area contributed by atoms with Crippen molar-refractivity contribution in [2.45, 2.75) is 24.7 Å². The fourth-order valence-corrected chi connectivity index (χ4v) is 3.53. The van der Waals surface area contributed by atoms with Crippen molar-refractivity contribution in [3.8, 4) is 0 Å². The smallest absolute Gasteiger partial charge is 0.246 e. The molecule has 1 fully saturated rings. The molecule has 2 rings (SSSR count). The maximum atomic E-state index is 13.7. The van der Waals surface area contributed by atoms with Gasteiger partial charge in [-0.1, -0.05) is 6.92 Å². The second-order valence-corrected chi connectivity index (χ2v) is 6.62. The van der Waals surface area contributed by atoms with Crippen molar-refractivity contribution in [2.24, 2.45) is 5.92 Å². The summed E-state index contributed by atoms with van der Waals surface area (Å²) in [4.78, 5) is -0.687. The van der Waals surface area contributed by atoms with Crippen LogP contribution in [0.4, 0.5) is 14.5 Å². The summed E-state index contributed by atoms with van der Waals surface area (Å²) in [6.45, 7) is 2.23. The number of hydrogen-bond donors (Lipinski definition) is 1. The molecule has 1 saturated carbocycles. The topological polar surface area (TPSA) is 63.4 Å². The predicted molar refractivity (Wildman–Crippen MR) is 67.9 cm³/mol. The number of nitrogens with two attached hydrogens (primary N) is 1. The Bertz CT molecular complexity index is 586. The van der Waals surface area contributed by atoms with Crippen LogP contribution in [0.25, 0.3) is 0 Å². The van der Waals surface area contributed by atoms with Gasteiger partial charge in [0.1, 0.15) is 4.90 Å². The molecule has 0 aliphatic heterocycles. The summed E-state index contributed by atoms with van der Waals surface area (Å²) in [5, 5.41) is 0. The van der Waals surface area contributed by atoms with Gasteiger partial charge in [0.2, 0.25) is 10.0 Å². The molecular formula is C12H16F2N2O2S. The third-order valence-electron chi connectivity index (χ3n) is 3.15. The lowest BCUT2D eigenvalue weighted by atomic mass is 10.3. The Balaban J connectivity index is 2.42. The van der Waals surface area contributed by atoms with Crippen LogP contribution in [-0.4, -0.2) is 25.8 Å². The summed E-state index contributed by atoms with van der Waals surface area (Å²) < 4.78 is 52.8. The Morgan fingerprint density at radius 1 is 1.37 bits per heavy atom. The molecule has 106 valence electrons. The second-order valence-electron chi connectivity index (χ2n) is 4.71. The van der Waals surface area contributed by atoms with E-state index in [9.17, 15) is 17.2 Å². The summed E-state index contributed by atoms with van der Waals surface area (Å²) in [5.74, 6) is -2.30. The fourth-order valence-electron chi connectivity index (χ4n) is 1.90. The van der Waals surface area contributed by atoms with Crippen molar-refractivity contribution in [3.05, 3.63) is 23.8 Å². The molecule has 0 radical (unpaired) electrons. The van der Waals surface area contributed by atoms with E-state index in [0.29, 0.717) is 12.5 Å². The number of sulfonamides is 1. The maximum Gasteiger partial charge on any atom is 0.246 e. The van der Waals surface area contributed by atoms with E-state index in [0.717, 1.165) is 25.0 Å². The number of benzene rings is 1. The van der Waals surface area contributed by atoms with Gasteiger partial charge in [-0.2, -0.15) is 4.31 Å². The van der Waals surface area contributed by atoms with Crippen LogP contribution >= 0.6 is 0 Å². The molecule has 0 unspecified atom stereocenters. The lowest BCUT2D eigenvalue weighted by Crippen LogP contribution is -2.33. The van der Waals surface area contributed by atoms with Gasteiger partial charge in [-0.05, 0) is 30.9 Å². The van der Waals surface area contributed by atoms with E-state index in [1.54, 1.807) is 6.92 Å². The van der Waals surface area contributed by atoms with Crippen LogP contribution in [0.2, 0.25) is 0 Å². The molecule has 0 spiro atoms. The molecule has 0 bridgehead atoms. The van der Waals surface area contributed by atoms with E-state index in [1.807, 2.05) is 0 Å². The quantitative estimate of drug-likeness (QED) is 0.843. The van der Waals surface area contributed by atoms with E-state index in [4.69, 9.17) is 5.73 Å². The minimum atomic E-state index is -4.04. The van der Waals surface area contributed by atoms with Crippen molar-refractivity contribution >= 4 is 15.7 Å². The largest absolute Gasteiger partial charge is 0.399 e. The third-order valence-corrected chi connectivity index (χ3v) is 5.09. The first-order valence-corrected chi connectivity index (χ1v) is 7.55. The van der Waals surface area contributed by atoms with E-state index in [1.165, 1.54) is 4.31 Å². The zero-order valence-electron chi connectivity index (χ0n) is 10.6. The van der Waals surface area contributed by atoms with Crippen LogP contribution in [0.15, 0.2) is 17.0 Å². The molecule has 4 nitrogen and oxygen atoms in total. The average Bonchev–Trinajstić information content (AvgIpc) is 3.14. The Morgan fingerprint density at radius 2 is 2.00 bits per heavy atom. The van der Waals surface area contributed by atoms with Gasteiger partial charge >= 0.3 is 0 Å². The molecule has 1 aromatic carbocycles. The first-order chi connectivity index (χ1) is 8.86. The van der Waals surface area contributed by atoms with Gasteiger partial charge < -0.3 is 5.73 Å². The van der Waals surface area contributed by atoms with Crippen LogP contribution in [0.5, 0.6) is 0 Å². The van der Waals surface area contributed by atoms with Gasteiger partial charge in [0.15, 0.2) is 11.6 Å². The van der Waals surface area contributed by atoms with Crippen molar-refractivity contribution in [1.29, 1.82) is 0 Å². The number of hydrogen-bond acceptors (Lipinski definition) is 3. The Morgan fingerprint density at radius 3 is 2.53 bits per heavy atom.